The lowest BCUT2D eigenvalue weighted by Gasteiger charge is -2.33. The van der Waals surface area contributed by atoms with E-state index in [9.17, 15) is 0 Å². The first-order valence-electron chi connectivity index (χ1n) is 6.61. The summed E-state index contributed by atoms with van der Waals surface area (Å²) in [7, 11) is 3.72. The fourth-order valence-corrected chi connectivity index (χ4v) is 3.08. The maximum absolute atomic E-state index is 5.84. The Morgan fingerprint density at radius 2 is 2.11 bits per heavy atom. The zero-order valence-corrected chi connectivity index (χ0v) is 12.7. The summed E-state index contributed by atoms with van der Waals surface area (Å²) in [6.45, 7) is 4.81. The molecule has 1 aliphatic heterocycles. The normalized spacial score (nSPS) is 16.9. The molecule has 0 bridgehead atoms. The van der Waals surface area contributed by atoms with Crippen molar-refractivity contribution >= 4 is 23.0 Å². The van der Waals surface area contributed by atoms with Gasteiger partial charge in [-0.15, -0.1) is 0 Å². The molecule has 0 amide bonds. The molecule has 1 fully saturated rings. The largest absolute Gasteiger partial charge is 0.389 e. The lowest BCUT2D eigenvalue weighted by Crippen LogP contribution is -2.37. The van der Waals surface area contributed by atoms with Crippen molar-refractivity contribution in [1.82, 2.24) is 9.78 Å². The van der Waals surface area contributed by atoms with Gasteiger partial charge < -0.3 is 15.4 Å². The highest BCUT2D eigenvalue weighted by Gasteiger charge is 2.25. The third-order valence-electron chi connectivity index (χ3n) is 3.75. The second-order valence-corrected chi connectivity index (χ2v) is 5.60. The number of nitrogens with two attached hydrogens (primary N) is 1. The van der Waals surface area contributed by atoms with Crippen LogP contribution in [0.5, 0.6) is 0 Å². The molecule has 106 valence electrons. The van der Waals surface area contributed by atoms with Crippen LogP contribution < -0.4 is 10.6 Å². The summed E-state index contributed by atoms with van der Waals surface area (Å²) in [5, 5.41) is 4.45. The van der Waals surface area contributed by atoms with Crippen molar-refractivity contribution in [2.45, 2.75) is 19.8 Å². The summed E-state index contributed by atoms with van der Waals surface area (Å²) in [4.78, 5) is 2.76. The minimum absolute atomic E-state index is 0.430. The Hall–Kier alpha value is -1.14. The van der Waals surface area contributed by atoms with Crippen molar-refractivity contribution < 1.29 is 4.74 Å². The van der Waals surface area contributed by atoms with Crippen LogP contribution in [0, 0.1) is 12.8 Å². The predicted molar refractivity (Wildman–Crippen MR) is 80.6 cm³/mol. The van der Waals surface area contributed by atoms with E-state index in [4.69, 9.17) is 22.7 Å². The van der Waals surface area contributed by atoms with Crippen molar-refractivity contribution in [3.63, 3.8) is 0 Å². The van der Waals surface area contributed by atoms with E-state index >= 15 is 0 Å². The van der Waals surface area contributed by atoms with Crippen LogP contribution in [0.25, 0.3) is 0 Å². The number of aryl methyl sites for hydroxylation is 2. The molecule has 2 heterocycles. The maximum Gasteiger partial charge on any atom is 0.137 e. The van der Waals surface area contributed by atoms with Crippen LogP contribution in [-0.4, -0.2) is 41.6 Å². The van der Waals surface area contributed by atoms with Gasteiger partial charge in [-0.2, -0.15) is 5.10 Å². The standard InChI is InChI=1S/C13H22N4OS/c1-9-11(12(14)19)13(16(2)15-9)17-6-4-10(5-7-17)8-18-3/h10H,4-8H2,1-3H3,(H2,14,19). The van der Waals surface area contributed by atoms with Gasteiger partial charge in [-0.25, -0.2) is 0 Å². The first kappa shape index (κ1) is 14.3. The van der Waals surface area contributed by atoms with Crippen molar-refractivity contribution in [1.29, 1.82) is 0 Å². The van der Waals surface area contributed by atoms with Gasteiger partial charge >= 0.3 is 0 Å². The first-order valence-corrected chi connectivity index (χ1v) is 7.02. The quantitative estimate of drug-likeness (QED) is 0.842. The Labute approximate surface area is 119 Å². The number of nitrogens with zero attached hydrogens (tertiary/aromatic N) is 3. The van der Waals surface area contributed by atoms with Crippen LogP contribution in [0.4, 0.5) is 5.82 Å². The van der Waals surface area contributed by atoms with Gasteiger partial charge in [0, 0.05) is 33.9 Å². The molecule has 0 aromatic carbocycles. The highest BCUT2D eigenvalue weighted by atomic mass is 32.1. The van der Waals surface area contributed by atoms with Gasteiger partial charge in [-0.05, 0) is 25.7 Å². The van der Waals surface area contributed by atoms with Gasteiger partial charge in [0.05, 0.1) is 11.3 Å². The number of anilines is 1. The summed E-state index contributed by atoms with van der Waals surface area (Å²) in [6.07, 6.45) is 2.27. The molecule has 5 nitrogen and oxygen atoms in total. The molecule has 0 aliphatic carbocycles. The molecule has 1 aliphatic rings. The SMILES string of the molecule is COCC1CCN(c2c(C(N)=S)c(C)nn2C)CC1. The molecule has 1 aromatic heterocycles. The van der Waals surface area contributed by atoms with E-state index in [2.05, 4.69) is 10.00 Å². The molecule has 1 saturated heterocycles. The topological polar surface area (TPSA) is 56.3 Å². The highest BCUT2D eigenvalue weighted by molar-refractivity contribution is 7.80. The van der Waals surface area contributed by atoms with E-state index in [-0.39, 0.29) is 0 Å². The smallest absolute Gasteiger partial charge is 0.137 e. The van der Waals surface area contributed by atoms with Gasteiger partial charge in [0.1, 0.15) is 10.8 Å². The van der Waals surface area contributed by atoms with Crippen LogP contribution in [0.3, 0.4) is 0 Å². The van der Waals surface area contributed by atoms with E-state index in [1.807, 2.05) is 18.7 Å². The average molecular weight is 282 g/mol. The predicted octanol–water partition coefficient (Wildman–Crippen LogP) is 1.23. The number of rotatable bonds is 4. The van der Waals surface area contributed by atoms with Crippen molar-refractivity contribution in [3.05, 3.63) is 11.3 Å². The highest BCUT2D eigenvalue weighted by Crippen LogP contribution is 2.28. The fraction of sp³-hybridized carbons (Fsp3) is 0.692. The minimum Gasteiger partial charge on any atom is -0.389 e. The zero-order chi connectivity index (χ0) is 14.0. The molecule has 1 aromatic rings. The van der Waals surface area contributed by atoms with E-state index in [0.29, 0.717) is 10.9 Å². The Morgan fingerprint density at radius 1 is 1.47 bits per heavy atom. The minimum atomic E-state index is 0.430. The summed E-state index contributed by atoms with van der Waals surface area (Å²) >= 11 is 5.16. The van der Waals surface area contributed by atoms with Gasteiger partial charge in [-0.3, -0.25) is 4.68 Å². The average Bonchev–Trinajstić information content (AvgIpc) is 2.66. The molecule has 0 saturated carbocycles. The number of thiocarbonyl (C=S) groups is 1. The Bertz CT molecular complexity index is 463. The van der Waals surface area contributed by atoms with E-state index in [1.54, 1.807) is 7.11 Å². The molecule has 0 radical (unpaired) electrons. The monoisotopic (exact) mass is 282 g/mol. The molecular weight excluding hydrogens is 260 g/mol. The van der Waals surface area contributed by atoms with E-state index in [1.165, 1.54) is 0 Å². The number of methoxy groups -OCH3 is 1. The van der Waals surface area contributed by atoms with Gasteiger partial charge in [0.25, 0.3) is 0 Å². The summed E-state index contributed by atoms with van der Waals surface area (Å²) < 4.78 is 7.12. The second kappa shape index (κ2) is 5.88. The summed E-state index contributed by atoms with van der Waals surface area (Å²) in [5.41, 5.74) is 7.67. The molecule has 19 heavy (non-hydrogen) atoms. The zero-order valence-electron chi connectivity index (χ0n) is 11.8. The molecule has 6 heteroatoms. The van der Waals surface area contributed by atoms with E-state index in [0.717, 1.165) is 49.6 Å². The number of ether oxygens (including phenoxy) is 1. The molecule has 2 N–H and O–H groups in total. The summed E-state index contributed by atoms with van der Waals surface area (Å²) in [5.74, 6) is 1.71. The fourth-order valence-electron chi connectivity index (χ4n) is 2.84. The van der Waals surface area contributed by atoms with Crippen molar-refractivity contribution in [2.75, 3.05) is 31.7 Å². The third kappa shape index (κ3) is 2.90. The van der Waals surface area contributed by atoms with Crippen LogP contribution in [0.2, 0.25) is 0 Å². The lowest BCUT2D eigenvalue weighted by molar-refractivity contribution is 0.139. The van der Waals surface area contributed by atoms with Crippen LogP contribution in [-0.2, 0) is 11.8 Å². The molecule has 2 rings (SSSR count). The third-order valence-corrected chi connectivity index (χ3v) is 3.96. The Morgan fingerprint density at radius 3 is 2.63 bits per heavy atom. The van der Waals surface area contributed by atoms with Crippen LogP contribution >= 0.6 is 12.2 Å². The lowest BCUT2D eigenvalue weighted by atomic mass is 9.97. The van der Waals surface area contributed by atoms with Crippen molar-refractivity contribution in [2.24, 2.45) is 18.7 Å². The van der Waals surface area contributed by atoms with Gasteiger partial charge in [0.2, 0.25) is 0 Å². The number of piperidine rings is 1. The van der Waals surface area contributed by atoms with Crippen molar-refractivity contribution in [3.8, 4) is 0 Å². The number of hydrogen-bond acceptors (Lipinski definition) is 4. The maximum atomic E-state index is 5.84. The van der Waals surface area contributed by atoms with Crippen LogP contribution in [0.15, 0.2) is 0 Å². The second-order valence-electron chi connectivity index (χ2n) is 5.16. The molecular formula is C13H22N4OS. The molecule has 0 unspecified atom stereocenters. The van der Waals surface area contributed by atoms with Gasteiger partial charge in [-0.1, -0.05) is 12.2 Å². The molecule has 0 spiro atoms. The Kier molecular flexibility index (Phi) is 4.42. The number of aromatic nitrogens is 2. The number of hydrogen-bond donors (Lipinski definition) is 1. The summed E-state index contributed by atoms with van der Waals surface area (Å²) in [6, 6.07) is 0. The van der Waals surface area contributed by atoms with E-state index < -0.39 is 0 Å². The molecule has 0 atom stereocenters. The Balaban J connectivity index is 2.17. The van der Waals surface area contributed by atoms with Crippen LogP contribution in [0.1, 0.15) is 24.1 Å². The van der Waals surface area contributed by atoms with Gasteiger partial charge in [0.15, 0.2) is 0 Å². The first-order chi connectivity index (χ1) is 9.04.